The van der Waals surface area contributed by atoms with Crippen LogP contribution in [0.15, 0.2) is 121 Å². The summed E-state index contributed by atoms with van der Waals surface area (Å²) in [5.74, 6) is 0. The van der Waals surface area contributed by atoms with Gasteiger partial charge in [0.25, 0.3) is 0 Å². The van der Waals surface area contributed by atoms with Crippen molar-refractivity contribution in [3.63, 3.8) is 0 Å². The minimum absolute atomic E-state index is 0. The van der Waals surface area contributed by atoms with E-state index in [9.17, 15) is 0 Å². The van der Waals surface area contributed by atoms with Crippen molar-refractivity contribution >= 4 is 54.8 Å². The van der Waals surface area contributed by atoms with Crippen molar-refractivity contribution < 1.29 is 39.6 Å². The predicted octanol–water partition coefficient (Wildman–Crippen LogP) is 7.81. The molecule has 0 saturated heterocycles. The van der Waals surface area contributed by atoms with Gasteiger partial charge in [-0.3, -0.25) is 0 Å². The van der Waals surface area contributed by atoms with Crippen molar-refractivity contribution in [2.75, 3.05) is 0 Å². The summed E-state index contributed by atoms with van der Waals surface area (Å²) in [5, 5.41) is 4.99. The fourth-order valence-electron chi connectivity index (χ4n) is 3.15. The Morgan fingerprint density at radius 2 is 0.559 bits per heavy atom. The average molecular weight is 962 g/mol. The Morgan fingerprint density at radius 1 is 0.412 bits per heavy atom. The SMILES string of the molecule is [Au].[CH2-][P+]([CH2-])(c1ccccc1)c1ccccc1.[CH2-][P+]([CH2-])(c1ccccc1)c1ccccc1.[CH3-].[I][Au]. The normalized spacial score (nSPS) is 10.2. The molecule has 4 rings (SSSR count). The summed E-state index contributed by atoms with van der Waals surface area (Å²) in [6.45, 7) is 17.2. The van der Waals surface area contributed by atoms with Crippen LogP contribution in [0, 0.1) is 34.1 Å². The molecular formula is C29H31Au2IP2-3. The van der Waals surface area contributed by atoms with Crippen LogP contribution in [-0.2, 0) is 39.6 Å². The molecule has 0 aliphatic heterocycles. The maximum atomic E-state index is 4.31. The van der Waals surface area contributed by atoms with Gasteiger partial charge in [0.15, 0.2) is 0 Å². The summed E-state index contributed by atoms with van der Waals surface area (Å²) >= 11 is 4.34. The summed E-state index contributed by atoms with van der Waals surface area (Å²) in [6.07, 6.45) is 0. The number of rotatable bonds is 4. The van der Waals surface area contributed by atoms with Crippen LogP contribution < -0.4 is 21.2 Å². The number of benzene rings is 4. The third kappa shape index (κ3) is 9.78. The molecule has 0 N–H and O–H groups in total. The van der Waals surface area contributed by atoms with Gasteiger partial charge in [0, 0.05) is 43.6 Å². The molecule has 0 nitrogen and oxygen atoms in total. The van der Waals surface area contributed by atoms with E-state index in [0.717, 1.165) is 0 Å². The van der Waals surface area contributed by atoms with Gasteiger partial charge >= 0.3 is 36.3 Å². The van der Waals surface area contributed by atoms with Crippen LogP contribution in [0.2, 0.25) is 0 Å². The fraction of sp³-hybridized carbons (Fsp3) is 0. The van der Waals surface area contributed by atoms with Crippen LogP contribution in [0.3, 0.4) is 0 Å². The standard InChI is InChI=1S/2C14H14P.CH3.2Au.HI/c2*1-15(2,13-9-5-3-6-10-13)14-11-7-4-8-12-14;;;;/h2*3-12H,1-2H2;1H3;;;1H/q3*-1;;+1;/p-1. The molecule has 1 radical (unpaired) electrons. The van der Waals surface area contributed by atoms with Crippen molar-refractivity contribution in [3.05, 3.63) is 155 Å². The van der Waals surface area contributed by atoms with Crippen LogP contribution in [0.4, 0.5) is 0 Å². The van der Waals surface area contributed by atoms with Gasteiger partial charge < -0.3 is 7.43 Å². The Labute approximate surface area is 247 Å². The molecule has 5 heteroatoms. The topological polar surface area (TPSA) is 0 Å². The summed E-state index contributed by atoms with van der Waals surface area (Å²) in [6, 6.07) is 41.3. The molecule has 34 heavy (non-hydrogen) atoms. The van der Waals surface area contributed by atoms with E-state index in [2.05, 4.69) is 111 Å². The maximum absolute atomic E-state index is 4.31. The monoisotopic (exact) mass is 962 g/mol. The molecule has 189 valence electrons. The molecule has 0 aromatic heterocycles. The van der Waals surface area contributed by atoms with E-state index in [0.29, 0.717) is 0 Å². The third-order valence-corrected chi connectivity index (χ3v) is 10.1. The zero-order valence-electron chi connectivity index (χ0n) is 19.3. The molecule has 0 spiro atoms. The third-order valence-electron chi connectivity index (χ3n) is 5.00. The van der Waals surface area contributed by atoms with Gasteiger partial charge in [0.05, 0.1) is 0 Å². The van der Waals surface area contributed by atoms with Gasteiger partial charge in [-0.15, -0.1) is 0 Å². The van der Waals surface area contributed by atoms with Gasteiger partial charge in [-0.2, -0.15) is 41.2 Å². The molecule has 0 bridgehead atoms. The minimum atomic E-state index is -1.65. The molecule has 0 saturated carbocycles. The van der Waals surface area contributed by atoms with E-state index in [-0.39, 0.29) is 29.8 Å². The van der Waals surface area contributed by atoms with Crippen LogP contribution in [0.5, 0.6) is 0 Å². The number of hydrogen-bond donors (Lipinski definition) is 0. The molecule has 0 heterocycles. The van der Waals surface area contributed by atoms with Crippen LogP contribution in [0.25, 0.3) is 0 Å². The quantitative estimate of drug-likeness (QED) is 0.0849. The van der Waals surface area contributed by atoms with E-state index in [4.69, 9.17) is 0 Å². The van der Waals surface area contributed by atoms with Crippen molar-refractivity contribution in [2.24, 2.45) is 0 Å². The summed E-state index contributed by atoms with van der Waals surface area (Å²) < 4.78 is 0. The van der Waals surface area contributed by atoms with Crippen LogP contribution in [0.1, 0.15) is 0 Å². The molecule has 0 fully saturated rings. The van der Waals surface area contributed by atoms with Crippen LogP contribution in [-0.4, -0.2) is 0 Å². The first-order valence-electron chi connectivity index (χ1n) is 9.92. The van der Waals surface area contributed by atoms with Gasteiger partial charge in [-0.05, 0) is 48.5 Å². The average Bonchev–Trinajstić information content (AvgIpc) is 2.88. The van der Waals surface area contributed by atoms with Gasteiger partial charge in [-0.25, -0.2) is 0 Å². The molecule has 0 aliphatic rings. The van der Waals surface area contributed by atoms with Crippen molar-refractivity contribution in [1.29, 1.82) is 0 Å². The van der Waals surface area contributed by atoms with E-state index in [1.807, 2.05) is 72.8 Å². The van der Waals surface area contributed by atoms with E-state index in [1.54, 1.807) is 0 Å². The van der Waals surface area contributed by atoms with Gasteiger partial charge in [-0.1, -0.05) is 72.8 Å². The molecule has 0 unspecified atom stereocenters. The summed E-state index contributed by atoms with van der Waals surface area (Å²) in [4.78, 5) is 0. The van der Waals surface area contributed by atoms with Crippen molar-refractivity contribution in [1.82, 2.24) is 0 Å². The van der Waals surface area contributed by atoms with Gasteiger partial charge in [0.2, 0.25) is 0 Å². The Hall–Kier alpha value is -0.0495. The second-order valence-electron chi connectivity index (χ2n) is 7.28. The first-order valence-corrected chi connectivity index (χ1v) is 20.4. The second kappa shape index (κ2) is 17.4. The zero-order chi connectivity index (χ0) is 23.5. The Bertz CT molecular complexity index is 857. The fourth-order valence-corrected chi connectivity index (χ4v) is 6.72. The van der Waals surface area contributed by atoms with Gasteiger partial charge in [0.1, 0.15) is 0 Å². The first-order chi connectivity index (χ1) is 15.4. The molecule has 4 aromatic carbocycles. The second-order valence-corrected chi connectivity index (χ2v) is 13.2. The zero-order valence-corrected chi connectivity index (χ0v) is 27.5. The Morgan fingerprint density at radius 3 is 0.706 bits per heavy atom. The molecule has 4 aromatic rings. The first kappa shape index (κ1) is 34.0. The number of hydrogen-bond acceptors (Lipinski definition) is 0. The molecule has 0 aliphatic carbocycles. The predicted molar refractivity (Wildman–Crippen MR) is 160 cm³/mol. The molecular weight excluding hydrogens is 931 g/mol. The van der Waals surface area contributed by atoms with Crippen LogP contribution >= 0.6 is 33.5 Å². The molecule has 0 atom stereocenters. The number of halogens is 1. The van der Waals surface area contributed by atoms with Crippen molar-refractivity contribution in [2.45, 2.75) is 0 Å². The Balaban J connectivity index is 0.000000566. The molecule has 0 amide bonds. The van der Waals surface area contributed by atoms with E-state index in [1.165, 1.54) is 21.2 Å². The van der Waals surface area contributed by atoms with Crippen molar-refractivity contribution in [3.8, 4) is 0 Å². The summed E-state index contributed by atoms with van der Waals surface area (Å²) in [7, 11) is -3.29. The summed E-state index contributed by atoms with van der Waals surface area (Å²) in [5.41, 5.74) is 0. The van der Waals surface area contributed by atoms with E-state index < -0.39 is 14.5 Å². The van der Waals surface area contributed by atoms with E-state index >= 15 is 0 Å². The Kier molecular flexibility index (Phi) is 17.4.